The summed E-state index contributed by atoms with van der Waals surface area (Å²) < 4.78 is 0. The Balaban J connectivity index is 1.67. The lowest BCUT2D eigenvalue weighted by molar-refractivity contribution is -0.121. The van der Waals surface area contributed by atoms with E-state index in [0.29, 0.717) is 12.6 Å². The number of nitrogens with one attached hydrogen (secondary N) is 2. The molecular formula is C15H28N2O. The van der Waals surface area contributed by atoms with Crippen molar-refractivity contribution in [3.63, 3.8) is 0 Å². The van der Waals surface area contributed by atoms with Crippen LogP contribution in [0.4, 0.5) is 0 Å². The highest BCUT2D eigenvalue weighted by molar-refractivity contribution is 5.78. The van der Waals surface area contributed by atoms with Crippen LogP contribution in [0.5, 0.6) is 0 Å². The molecule has 0 heterocycles. The zero-order valence-electron chi connectivity index (χ0n) is 12.1. The van der Waals surface area contributed by atoms with Gasteiger partial charge in [-0.3, -0.25) is 4.79 Å². The van der Waals surface area contributed by atoms with E-state index in [1.807, 2.05) is 20.8 Å². The summed E-state index contributed by atoms with van der Waals surface area (Å²) in [4.78, 5) is 11.8. The van der Waals surface area contributed by atoms with Crippen LogP contribution in [0.25, 0.3) is 0 Å². The Morgan fingerprint density at radius 2 is 1.83 bits per heavy atom. The van der Waals surface area contributed by atoms with Crippen LogP contribution in [0.15, 0.2) is 0 Å². The molecule has 104 valence electrons. The number of carbonyl (C=O) groups is 1. The van der Waals surface area contributed by atoms with E-state index in [9.17, 15) is 4.79 Å². The molecule has 0 spiro atoms. The number of carbonyl (C=O) groups excluding carboxylic acids is 1. The average molecular weight is 252 g/mol. The van der Waals surface area contributed by atoms with Gasteiger partial charge in [-0.15, -0.1) is 0 Å². The highest BCUT2D eigenvalue weighted by Gasteiger charge is 2.34. The predicted molar refractivity (Wildman–Crippen MR) is 74.4 cm³/mol. The van der Waals surface area contributed by atoms with Crippen molar-refractivity contribution < 1.29 is 4.79 Å². The topological polar surface area (TPSA) is 41.1 Å². The lowest BCUT2D eigenvalue weighted by Gasteiger charge is -2.30. The van der Waals surface area contributed by atoms with Crippen molar-refractivity contribution in [1.82, 2.24) is 10.6 Å². The molecule has 2 fully saturated rings. The minimum atomic E-state index is -0.123. The van der Waals surface area contributed by atoms with E-state index in [2.05, 4.69) is 10.6 Å². The summed E-state index contributed by atoms with van der Waals surface area (Å²) in [5.41, 5.74) is -0.123. The quantitative estimate of drug-likeness (QED) is 0.807. The Kier molecular flexibility index (Phi) is 4.31. The molecule has 0 aliphatic heterocycles. The molecule has 2 aliphatic rings. The molecule has 0 bridgehead atoms. The normalized spacial score (nSPS) is 29.1. The maximum atomic E-state index is 11.8. The minimum Gasteiger partial charge on any atom is -0.350 e. The molecule has 0 aromatic rings. The van der Waals surface area contributed by atoms with Gasteiger partial charge in [0.2, 0.25) is 5.91 Å². The fraction of sp³-hybridized carbons (Fsp3) is 0.933. The summed E-state index contributed by atoms with van der Waals surface area (Å²) in [6.45, 7) is 6.54. The van der Waals surface area contributed by atoms with Crippen LogP contribution >= 0.6 is 0 Å². The summed E-state index contributed by atoms with van der Waals surface area (Å²) in [7, 11) is 0. The first-order valence-corrected chi connectivity index (χ1v) is 7.48. The zero-order chi connectivity index (χ0) is 13.2. The van der Waals surface area contributed by atoms with Gasteiger partial charge in [-0.25, -0.2) is 0 Å². The van der Waals surface area contributed by atoms with Crippen LogP contribution in [0.1, 0.15) is 59.3 Å². The second-order valence-corrected chi connectivity index (χ2v) is 7.14. The van der Waals surface area contributed by atoms with E-state index in [-0.39, 0.29) is 11.4 Å². The molecule has 0 aromatic heterocycles. The van der Waals surface area contributed by atoms with E-state index >= 15 is 0 Å². The molecule has 2 N–H and O–H groups in total. The molecule has 2 rings (SSSR count). The Morgan fingerprint density at radius 1 is 1.11 bits per heavy atom. The summed E-state index contributed by atoms with van der Waals surface area (Å²) >= 11 is 0. The van der Waals surface area contributed by atoms with Gasteiger partial charge in [0, 0.05) is 11.6 Å². The van der Waals surface area contributed by atoms with Crippen LogP contribution < -0.4 is 10.6 Å². The maximum absolute atomic E-state index is 11.8. The summed E-state index contributed by atoms with van der Waals surface area (Å²) in [5.74, 6) is 2.07. The molecule has 2 unspecified atom stereocenters. The van der Waals surface area contributed by atoms with Crippen molar-refractivity contribution in [1.29, 1.82) is 0 Å². The summed E-state index contributed by atoms with van der Waals surface area (Å²) in [6.07, 6.45) is 8.17. The molecule has 0 radical (unpaired) electrons. The van der Waals surface area contributed by atoms with Gasteiger partial charge in [0.1, 0.15) is 0 Å². The Morgan fingerprint density at radius 3 is 2.44 bits per heavy atom. The average Bonchev–Trinajstić information content (AvgIpc) is 3.08. The minimum absolute atomic E-state index is 0.121. The SMILES string of the molecule is CC(C)(C)NC(=O)CNC1CCCC(C2CC2)C1. The standard InChI is InChI=1S/C15H28N2O/c1-15(2,3)17-14(18)10-16-13-6-4-5-12(9-13)11-7-8-11/h11-13,16H,4-10H2,1-3H3,(H,17,18). The number of rotatable bonds is 4. The van der Waals surface area contributed by atoms with Gasteiger partial charge in [0.05, 0.1) is 6.54 Å². The number of amides is 1. The lowest BCUT2D eigenvalue weighted by atomic mass is 9.83. The lowest BCUT2D eigenvalue weighted by Crippen LogP contribution is -2.47. The van der Waals surface area contributed by atoms with Crippen molar-refractivity contribution in [2.24, 2.45) is 11.8 Å². The molecule has 2 aliphatic carbocycles. The first kappa shape index (κ1) is 13.9. The second-order valence-electron chi connectivity index (χ2n) is 7.14. The fourth-order valence-corrected chi connectivity index (χ4v) is 3.11. The number of hydrogen-bond acceptors (Lipinski definition) is 2. The molecule has 0 aromatic carbocycles. The van der Waals surface area contributed by atoms with Crippen molar-refractivity contribution in [2.45, 2.75) is 70.9 Å². The van der Waals surface area contributed by atoms with Gasteiger partial charge >= 0.3 is 0 Å². The molecule has 2 saturated carbocycles. The van der Waals surface area contributed by atoms with E-state index in [1.165, 1.54) is 38.5 Å². The van der Waals surface area contributed by atoms with Crippen molar-refractivity contribution in [3.05, 3.63) is 0 Å². The number of hydrogen-bond donors (Lipinski definition) is 2. The van der Waals surface area contributed by atoms with E-state index in [4.69, 9.17) is 0 Å². The summed E-state index contributed by atoms with van der Waals surface area (Å²) in [5, 5.41) is 6.45. The smallest absolute Gasteiger partial charge is 0.234 e. The zero-order valence-corrected chi connectivity index (χ0v) is 12.1. The Labute approximate surface area is 111 Å². The third-order valence-corrected chi connectivity index (χ3v) is 4.07. The molecule has 3 nitrogen and oxygen atoms in total. The van der Waals surface area contributed by atoms with Gasteiger partial charge in [-0.05, 0) is 58.3 Å². The molecular weight excluding hydrogens is 224 g/mol. The monoisotopic (exact) mass is 252 g/mol. The maximum Gasteiger partial charge on any atom is 0.234 e. The van der Waals surface area contributed by atoms with E-state index in [0.717, 1.165) is 11.8 Å². The highest BCUT2D eigenvalue weighted by atomic mass is 16.2. The van der Waals surface area contributed by atoms with Gasteiger partial charge < -0.3 is 10.6 Å². The van der Waals surface area contributed by atoms with Crippen molar-refractivity contribution in [3.8, 4) is 0 Å². The fourth-order valence-electron chi connectivity index (χ4n) is 3.11. The van der Waals surface area contributed by atoms with Crippen molar-refractivity contribution in [2.75, 3.05) is 6.54 Å². The molecule has 0 saturated heterocycles. The van der Waals surface area contributed by atoms with Crippen LogP contribution in [-0.4, -0.2) is 24.0 Å². The van der Waals surface area contributed by atoms with Crippen molar-refractivity contribution >= 4 is 5.91 Å². The summed E-state index contributed by atoms with van der Waals surface area (Å²) in [6, 6.07) is 0.565. The van der Waals surface area contributed by atoms with Gasteiger partial charge in [-0.2, -0.15) is 0 Å². The molecule has 2 atom stereocenters. The molecule has 18 heavy (non-hydrogen) atoms. The third-order valence-electron chi connectivity index (χ3n) is 4.07. The largest absolute Gasteiger partial charge is 0.350 e. The van der Waals surface area contributed by atoms with Gasteiger partial charge in [-0.1, -0.05) is 12.8 Å². The van der Waals surface area contributed by atoms with E-state index < -0.39 is 0 Å². The van der Waals surface area contributed by atoms with Crippen LogP contribution in [0, 0.1) is 11.8 Å². The van der Waals surface area contributed by atoms with E-state index in [1.54, 1.807) is 0 Å². The Bertz CT molecular complexity index is 291. The first-order chi connectivity index (χ1) is 8.44. The first-order valence-electron chi connectivity index (χ1n) is 7.48. The third kappa shape index (κ3) is 4.60. The molecule has 3 heteroatoms. The van der Waals surface area contributed by atoms with Gasteiger partial charge in [0.15, 0.2) is 0 Å². The van der Waals surface area contributed by atoms with Crippen LogP contribution in [-0.2, 0) is 4.79 Å². The van der Waals surface area contributed by atoms with Crippen LogP contribution in [0.3, 0.4) is 0 Å². The Hall–Kier alpha value is -0.570. The highest BCUT2D eigenvalue weighted by Crippen LogP contribution is 2.43. The second kappa shape index (κ2) is 5.60. The van der Waals surface area contributed by atoms with Gasteiger partial charge in [0.25, 0.3) is 0 Å². The van der Waals surface area contributed by atoms with Crippen LogP contribution in [0.2, 0.25) is 0 Å². The molecule has 1 amide bonds. The predicted octanol–water partition coefficient (Wildman–Crippen LogP) is 2.46.